The highest BCUT2D eigenvalue weighted by molar-refractivity contribution is 7.90. The van der Waals surface area contributed by atoms with Crippen molar-refractivity contribution in [3.8, 4) is 0 Å². The van der Waals surface area contributed by atoms with Crippen LogP contribution in [0.4, 0.5) is 0 Å². The van der Waals surface area contributed by atoms with Gasteiger partial charge in [0.25, 0.3) is 15.9 Å². The van der Waals surface area contributed by atoms with E-state index in [0.717, 1.165) is 21.0 Å². The first-order valence-corrected chi connectivity index (χ1v) is 14.7. The zero-order valence-corrected chi connectivity index (χ0v) is 24.1. The topological polar surface area (TPSA) is 104 Å². The number of hydrogen-bond acceptors (Lipinski definition) is 5. The van der Waals surface area contributed by atoms with Crippen LogP contribution >= 0.6 is 0 Å². The Morgan fingerprint density at radius 1 is 0.925 bits per heavy atom. The molecule has 8 nitrogen and oxygen atoms in total. The lowest BCUT2D eigenvalue weighted by molar-refractivity contribution is -0.142. The number of nitrogens with zero attached hydrogens (tertiary/aromatic N) is 2. The molecule has 40 heavy (non-hydrogen) atoms. The summed E-state index contributed by atoms with van der Waals surface area (Å²) in [6.07, 6.45) is 0.00564. The molecule has 3 amide bonds. The molecule has 0 fully saturated rings. The first kappa shape index (κ1) is 29.0. The molecular formula is C31H35N3O5S. The third kappa shape index (κ3) is 6.42. The number of hydrogen-bond donors (Lipinski definition) is 1. The average Bonchev–Trinajstić information content (AvgIpc) is 3.10. The molecule has 1 atom stereocenters. The molecule has 0 aliphatic carbocycles. The molecule has 0 aromatic heterocycles. The summed E-state index contributed by atoms with van der Waals surface area (Å²) in [4.78, 5) is 42.0. The largest absolute Gasteiger partial charge is 0.350 e. The van der Waals surface area contributed by atoms with E-state index in [2.05, 4.69) is 5.32 Å². The van der Waals surface area contributed by atoms with E-state index in [1.54, 1.807) is 12.1 Å². The molecule has 0 saturated carbocycles. The lowest BCUT2D eigenvalue weighted by atomic mass is 9.99. The molecule has 0 bridgehead atoms. The number of rotatable bonds is 9. The van der Waals surface area contributed by atoms with Crippen molar-refractivity contribution in [3.63, 3.8) is 0 Å². The fourth-order valence-corrected chi connectivity index (χ4v) is 6.34. The number of benzene rings is 3. The van der Waals surface area contributed by atoms with Gasteiger partial charge >= 0.3 is 0 Å². The molecule has 1 heterocycles. The lowest BCUT2D eigenvalue weighted by Crippen LogP contribution is -2.54. The van der Waals surface area contributed by atoms with Gasteiger partial charge in [0, 0.05) is 31.5 Å². The van der Waals surface area contributed by atoms with Crippen LogP contribution < -0.4 is 5.32 Å². The average molecular weight is 562 g/mol. The Labute approximate surface area is 236 Å². The van der Waals surface area contributed by atoms with Gasteiger partial charge in [-0.25, -0.2) is 12.7 Å². The van der Waals surface area contributed by atoms with Gasteiger partial charge in [0.05, 0.1) is 5.56 Å². The third-order valence-electron chi connectivity index (χ3n) is 6.81. The molecule has 9 heteroatoms. The van der Waals surface area contributed by atoms with Crippen LogP contribution in [0.2, 0.25) is 0 Å². The maximum atomic E-state index is 13.9. The molecule has 1 unspecified atom stereocenters. The van der Waals surface area contributed by atoms with Crippen molar-refractivity contribution in [1.82, 2.24) is 14.5 Å². The smallest absolute Gasteiger partial charge is 0.269 e. The highest BCUT2D eigenvalue weighted by Gasteiger charge is 2.41. The van der Waals surface area contributed by atoms with Crippen LogP contribution in [-0.4, -0.2) is 53.5 Å². The molecule has 4 rings (SSSR count). The third-order valence-corrected chi connectivity index (χ3v) is 8.65. The second-order valence-electron chi connectivity index (χ2n) is 11.0. The van der Waals surface area contributed by atoms with Crippen molar-refractivity contribution >= 4 is 27.7 Å². The Bertz CT molecular complexity index is 1510. The zero-order chi connectivity index (χ0) is 29.1. The molecule has 3 aromatic carbocycles. The van der Waals surface area contributed by atoms with E-state index in [4.69, 9.17) is 0 Å². The second-order valence-corrected chi connectivity index (χ2v) is 12.9. The van der Waals surface area contributed by atoms with Crippen molar-refractivity contribution in [2.24, 2.45) is 0 Å². The Kier molecular flexibility index (Phi) is 8.44. The highest BCUT2D eigenvalue weighted by Crippen LogP contribution is 2.30. The van der Waals surface area contributed by atoms with Crippen LogP contribution in [0.15, 0.2) is 83.8 Å². The number of nitrogens with one attached hydrogen (secondary N) is 1. The Morgan fingerprint density at radius 3 is 2.20 bits per heavy atom. The minimum absolute atomic E-state index is 0.0595. The zero-order valence-electron chi connectivity index (χ0n) is 23.3. The van der Waals surface area contributed by atoms with Gasteiger partial charge in [0.1, 0.15) is 10.9 Å². The monoisotopic (exact) mass is 561 g/mol. The maximum absolute atomic E-state index is 13.9. The molecule has 1 aliphatic heterocycles. The Morgan fingerprint density at radius 2 is 1.55 bits per heavy atom. The standard InChI is InChI=1S/C31H35N3O5S/c1-22-12-8-9-15-24(22)21-33(26(29(36)32-31(2,3)4)20-23-13-6-5-7-14-23)28(35)18-19-34-30(37)25-16-10-11-17-27(25)40(34,38)39/h5-17,26H,18-21H2,1-4H3,(H,32,36). The predicted octanol–water partition coefficient (Wildman–Crippen LogP) is 4.08. The number of carbonyl (C=O) groups excluding carboxylic acids is 3. The van der Waals surface area contributed by atoms with Gasteiger partial charge in [-0.15, -0.1) is 0 Å². The van der Waals surface area contributed by atoms with Gasteiger partial charge in [-0.05, 0) is 56.5 Å². The van der Waals surface area contributed by atoms with Crippen molar-refractivity contribution in [2.75, 3.05) is 6.54 Å². The van der Waals surface area contributed by atoms with Gasteiger partial charge < -0.3 is 10.2 Å². The van der Waals surface area contributed by atoms with Gasteiger partial charge in [0.2, 0.25) is 11.8 Å². The van der Waals surface area contributed by atoms with Crippen molar-refractivity contribution in [1.29, 1.82) is 0 Å². The normalized spacial score (nSPS) is 14.9. The number of amides is 3. The van der Waals surface area contributed by atoms with Crippen molar-refractivity contribution < 1.29 is 22.8 Å². The number of fused-ring (bicyclic) bond motifs is 1. The summed E-state index contributed by atoms with van der Waals surface area (Å²) < 4.78 is 26.9. The Hall–Kier alpha value is -3.98. The van der Waals surface area contributed by atoms with Crippen molar-refractivity contribution in [3.05, 3.63) is 101 Å². The summed E-state index contributed by atoms with van der Waals surface area (Å²) in [5.41, 5.74) is 2.27. The molecule has 0 saturated heterocycles. The molecular weight excluding hydrogens is 526 g/mol. The molecule has 1 N–H and O–H groups in total. The van der Waals surface area contributed by atoms with Crippen LogP contribution in [0, 0.1) is 6.92 Å². The van der Waals surface area contributed by atoms with E-state index in [0.29, 0.717) is 0 Å². The highest BCUT2D eigenvalue weighted by atomic mass is 32.2. The van der Waals surface area contributed by atoms with E-state index >= 15 is 0 Å². The second kappa shape index (κ2) is 11.6. The summed E-state index contributed by atoms with van der Waals surface area (Å²) in [6.45, 7) is 7.39. The van der Waals surface area contributed by atoms with E-state index in [9.17, 15) is 22.8 Å². The summed E-state index contributed by atoms with van der Waals surface area (Å²) in [7, 11) is -4.06. The summed E-state index contributed by atoms with van der Waals surface area (Å²) >= 11 is 0. The quantitative estimate of drug-likeness (QED) is 0.424. The molecule has 0 radical (unpaired) electrons. The van der Waals surface area contributed by atoms with E-state index in [1.807, 2.05) is 82.3 Å². The maximum Gasteiger partial charge on any atom is 0.269 e. The first-order chi connectivity index (χ1) is 18.9. The number of sulfonamides is 1. The molecule has 210 valence electrons. The minimum Gasteiger partial charge on any atom is -0.350 e. The lowest BCUT2D eigenvalue weighted by Gasteiger charge is -2.34. The number of carbonyl (C=O) groups is 3. The molecule has 1 aliphatic rings. The van der Waals surface area contributed by atoms with Crippen LogP contribution in [0.5, 0.6) is 0 Å². The SMILES string of the molecule is Cc1ccccc1CN(C(=O)CCN1C(=O)c2ccccc2S1(=O)=O)C(Cc1ccccc1)C(=O)NC(C)(C)C. The fourth-order valence-electron chi connectivity index (χ4n) is 4.77. The van der Waals surface area contributed by atoms with Gasteiger partial charge in [-0.1, -0.05) is 66.7 Å². The summed E-state index contributed by atoms with van der Waals surface area (Å²) in [6, 6.07) is 22.2. The molecule has 3 aromatic rings. The van der Waals surface area contributed by atoms with E-state index < -0.39 is 33.4 Å². The van der Waals surface area contributed by atoms with Gasteiger partial charge in [-0.2, -0.15) is 0 Å². The van der Waals surface area contributed by atoms with Crippen LogP contribution in [-0.2, 0) is 32.6 Å². The van der Waals surface area contributed by atoms with Crippen LogP contribution in [0.3, 0.4) is 0 Å². The van der Waals surface area contributed by atoms with Gasteiger partial charge in [0.15, 0.2) is 0 Å². The fraction of sp³-hybridized carbons (Fsp3) is 0.323. The summed E-state index contributed by atoms with van der Waals surface area (Å²) in [5.74, 6) is -1.39. The summed E-state index contributed by atoms with van der Waals surface area (Å²) in [5, 5.41) is 3.01. The van der Waals surface area contributed by atoms with Gasteiger partial charge in [-0.3, -0.25) is 14.4 Å². The first-order valence-electron chi connectivity index (χ1n) is 13.2. The molecule has 0 spiro atoms. The minimum atomic E-state index is -4.06. The van der Waals surface area contributed by atoms with Crippen molar-refractivity contribution in [2.45, 2.75) is 63.6 Å². The van der Waals surface area contributed by atoms with E-state index in [-0.39, 0.29) is 42.3 Å². The Balaban J connectivity index is 1.66. The van der Waals surface area contributed by atoms with Crippen LogP contribution in [0.25, 0.3) is 0 Å². The van der Waals surface area contributed by atoms with E-state index in [1.165, 1.54) is 17.0 Å². The number of aryl methyl sites for hydroxylation is 1. The van der Waals surface area contributed by atoms with Crippen LogP contribution in [0.1, 0.15) is 54.2 Å². The predicted molar refractivity (Wildman–Crippen MR) is 153 cm³/mol.